The molecule has 0 spiro atoms. The molecule has 1 atom stereocenters. The second-order valence-corrected chi connectivity index (χ2v) is 6.11. The highest BCUT2D eigenvalue weighted by molar-refractivity contribution is 5.94. The van der Waals surface area contributed by atoms with Crippen LogP contribution in [-0.2, 0) is 0 Å². The molecule has 0 aliphatic rings. The highest BCUT2D eigenvalue weighted by Gasteiger charge is 2.41. The quantitative estimate of drug-likeness (QED) is 0.278. The molecule has 0 radical (unpaired) electrons. The molecular formula is C17H12F3N9O. The number of fused-ring (bicyclic) bond motifs is 1. The summed E-state index contributed by atoms with van der Waals surface area (Å²) in [5.74, 6) is -0.351. The predicted molar refractivity (Wildman–Crippen MR) is 99.2 cm³/mol. The summed E-state index contributed by atoms with van der Waals surface area (Å²) < 4.78 is 44.3. The van der Waals surface area contributed by atoms with Crippen LogP contribution in [0.1, 0.15) is 0 Å². The fraction of sp³-hybridized carbons (Fsp3) is 0.176. The van der Waals surface area contributed by atoms with E-state index >= 15 is 0 Å². The average Bonchev–Trinajstić information content (AvgIpc) is 3.40. The molecule has 4 heterocycles. The van der Waals surface area contributed by atoms with Gasteiger partial charge in [-0.3, -0.25) is 10.1 Å². The largest absolute Gasteiger partial charge is 0.463 e. The van der Waals surface area contributed by atoms with E-state index in [9.17, 15) is 13.2 Å². The topological polar surface area (TPSA) is 141 Å². The van der Waals surface area contributed by atoms with Crippen LogP contribution in [0.15, 0.2) is 48.4 Å². The van der Waals surface area contributed by atoms with Crippen molar-refractivity contribution >= 4 is 11.0 Å². The Balaban J connectivity index is 1.69. The third kappa shape index (κ3) is 3.86. The Hall–Kier alpha value is -4.12. The Labute approximate surface area is 165 Å². The molecule has 0 fully saturated rings. The Bertz CT molecular complexity index is 1210. The van der Waals surface area contributed by atoms with Crippen molar-refractivity contribution in [1.82, 2.24) is 30.1 Å². The molecule has 152 valence electrons. The summed E-state index contributed by atoms with van der Waals surface area (Å²) in [6, 6.07) is 1.86. The van der Waals surface area contributed by atoms with Crippen LogP contribution in [0.5, 0.6) is 5.88 Å². The van der Waals surface area contributed by atoms with Gasteiger partial charge < -0.3 is 9.72 Å². The number of aromatic amines is 2. The molecule has 4 rings (SSSR count). The number of aromatic nitrogens is 6. The summed E-state index contributed by atoms with van der Waals surface area (Å²) in [4.78, 5) is 17.7. The Morgan fingerprint density at radius 1 is 1.17 bits per heavy atom. The van der Waals surface area contributed by atoms with Crippen LogP contribution in [0.4, 0.5) is 13.2 Å². The lowest BCUT2D eigenvalue weighted by Crippen LogP contribution is -2.37. The summed E-state index contributed by atoms with van der Waals surface area (Å²) >= 11 is 0. The summed E-state index contributed by atoms with van der Waals surface area (Å²) in [6.07, 6.45) is 2.03. The number of halogens is 3. The minimum atomic E-state index is -4.74. The molecule has 4 aromatic rings. The molecule has 4 aromatic heterocycles. The number of hydrogen-bond acceptors (Lipinski definition) is 6. The van der Waals surface area contributed by atoms with Gasteiger partial charge in [0.1, 0.15) is 5.65 Å². The lowest BCUT2D eigenvalue weighted by Gasteiger charge is -2.19. The van der Waals surface area contributed by atoms with Crippen molar-refractivity contribution in [3.63, 3.8) is 0 Å². The first-order chi connectivity index (χ1) is 14.5. The summed E-state index contributed by atoms with van der Waals surface area (Å²) in [7, 11) is 0. The maximum atomic E-state index is 13.1. The number of ether oxygens (including phenoxy) is 1. The smallest absolute Gasteiger partial charge is 0.425 e. The van der Waals surface area contributed by atoms with Crippen molar-refractivity contribution in [2.45, 2.75) is 12.3 Å². The third-order valence-electron chi connectivity index (χ3n) is 4.19. The lowest BCUT2D eigenvalue weighted by molar-refractivity contribution is -0.192. The van der Waals surface area contributed by atoms with Gasteiger partial charge in [0.2, 0.25) is 12.0 Å². The van der Waals surface area contributed by atoms with Crippen LogP contribution in [0, 0.1) is 0 Å². The third-order valence-corrected chi connectivity index (χ3v) is 4.19. The molecular weight excluding hydrogens is 403 g/mol. The molecule has 0 saturated heterocycles. The Kier molecular flexibility index (Phi) is 4.94. The van der Waals surface area contributed by atoms with Crippen molar-refractivity contribution in [1.29, 1.82) is 0 Å². The Morgan fingerprint density at radius 2 is 2.03 bits per heavy atom. The molecule has 2 N–H and O–H groups in total. The van der Waals surface area contributed by atoms with Crippen molar-refractivity contribution in [3.8, 4) is 28.3 Å². The molecule has 13 heteroatoms. The van der Waals surface area contributed by atoms with Crippen molar-refractivity contribution in [2.24, 2.45) is 5.11 Å². The first-order valence-corrected chi connectivity index (χ1v) is 8.48. The number of azide groups is 1. The zero-order valence-corrected chi connectivity index (χ0v) is 15.0. The van der Waals surface area contributed by atoms with Gasteiger partial charge in [-0.05, 0) is 11.6 Å². The fourth-order valence-corrected chi connectivity index (χ4v) is 2.78. The number of rotatable bonds is 6. The van der Waals surface area contributed by atoms with E-state index in [1.807, 2.05) is 6.07 Å². The number of alkyl halides is 3. The van der Waals surface area contributed by atoms with E-state index in [2.05, 4.69) is 40.2 Å². The van der Waals surface area contributed by atoms with Gasteiger partial charge in [0.05, 0.1) is 30.8 Å². The van der Waals surface area contributed by atoms with E-state index in [1.165, 1.54) is 6.20 Å². The van der Waals surface area contributed by atoms with E-state index in [-0.39, 0.29) is 11.6 Å². The van der Waals surface area contributed by atoms with Gasteiger partial charge >= 0.3 is 6.18 Å². The van der Waals surface area contributed by atoms with E-state index in [1.54, 1.807) is 24.8 Å². The highest BCUT2D eigenvalue weighted by Crippen LogP contribution is 2.31. The van der Waals surface area contributed by atoms with Gasteiger partial charge in [-0.25, -0.2) is 9.97 Å². The van der Waals surface area contributed by atoms with Crippen LogP contribution in [0.2, 0.25) is 0 Å². The SMILES string of the molecule is [N-]=[N+]=NCC(Oc1cncc(-c2c[nH]c3ncc(-c4cn[nH]c4)cc23)n1)C(F)(F)F. The van der Waals surface area contributed by atoms with Crippen molar-refractivity contribution in [2.75, 3.05) is 6.54 Å². The molecule has 0 aliphatic carbocycles. The van der Waals surface area contributed by atoms with Crippen molar-refractivity contribution in [3.05, 3.63) is 53.7 Å². The molecule has 0 bridgehead atoms. The van der Waals surface area contributed by atoms with Gasteiger partial charge in [-0.2, -0.15) is 18.3 Å². The molecule has 30 heavy (non-hydrogen) atoms. The van der Waals surface area contributed by atoms with Crippen LogP contribution >= 0.6 is 0 Å². The van der Waals surface area contributed by atoms with Gasteiger partial charge in [0.15, 0.2) is 0 Å². The number of nitrogens with one attached hydrogen (secondary N) is 2. The van der Waals surface area contributed by atoms with Crippen LogP contribution < -0.4 is 4.74 Å². The zero-order chi connectivity index (χ0) is 21.1. The second-order valence-electron chi connectivity index (χ2n) is 6.11. The minimum Gasteiger partial charge on any atom is -0.463 e. The van der Waals surface area contributed by atoms with E-state index < -0.39 is 18.8 Å². The van der Waals surface area contributed by atoms with Crippen LogP contribution in [0.3, 0.4) is 0 Å². The predicted octanol–water partition coefficient (Wildman–Crippen LogP) is 4.03. The van der Waals surface area contributed by atoms with Gasteiger partial charge in [-0.1, -0.05) is 5.11 Å². The van der Waals surface area contributed by atoms with E-state index in [0.717, 1.165) is 17.3 Å². The first-order valence-electron chi connectivity index (χ1n) is 8.48. The van der Waals surface area contributed by atoms with Crippen molar-refractivity contribution < 1.29 is 17.9 Å². The van der Waals surface area contributed by atoms with Gasteiger partial charge in [-0.15, -0.1) is 0 Å². The second kappa shape index (κ2) is 7.72. The zero-order valence-electron chi connectivity index (χ0n) is 15.0. The summed E-state index contributed by atoms with van der Waals surface area (Å²) in [6.45, 7) is -0.920. The van der Waals surface area contributed by atoms with Crippen LogP contribution in [-0.4, -0.2) is 49.0 Å². The number of nitrogens with zero attached hydrogens (tertiary/aromatic N) is 7. The normalized spacial score (nSPS) is 12.5. The van der Waals surface area contributed by atoms with Gasteiger partial charge in [0, 0.05) is 45.6 Å². The van der Waals surface area contributed by atoms with Gasteiger partial charge in [0.25, 0.3) is 0 Å². The molecule has 0 saturated carbocycles. The van der Waals surface area contributed by atoms with E-state index in [0.29, 0.717) is 16.6 Å². The molecule has 0 aromatic carbocycles. The monoisotopic (exact) mass is 415 g/mol. The maximum absolute atomic E-state index is 13.1. The average molecular weight is 415 g/mol. The van der Waals surface area contributed by atoms with E-state index in [4.69, 9.17) is 10.3 Å². The maximum Gasteiger partial charge on any atom is 0.425 e. The molecule has 10 nitrogen and oxygen atoms in total. The number of H-pyrrole nitrogens is 2. The van der Waals surface area contributed by atoms with Crippen LogP contribution in [0.25, 0.3) is 43.9 Å². The minimum absolute atomic E-state index is 0.287. The highest BCUT2D eigenvalue weighted by atomic mass is 19.4. The first kappa shape index (κ1) is 19.2. The number of hydrogen-bond donors (Lipinski definition) is 2. The number of pyridine rings is 1. The molecule has 0 amide bonds. The standard InChI is InChI=1S/C17H12F3N9O/c18-17(19,20)14(7-27-29-21)30-15-8-22-6-13(28-15)12-5-24-16-11(12)1-9(2-23-16)10-3-25-26-4-10/h1-6,8,14H,7H2,(H,23,24)(H,25,26). The fourth-order valence-electron chi connectivity index (χ4n) is 2.78. The lowest BCUT2D eigenvalue weighted by atomic mass is 10.1. The molecule has 0 aliphatic heterocycles. The summed E-state index contributed by atoms with van der Waals surface area (Å²) in [5.41, 5.74) is 11.4. The summed E-state index contributed by atoms with van der Waals surface area (Å²) in [5, 5.41) is 10.3. The molecule has 1 unspecified atom stereocenters. The Morgan fingerprint density at radius 3 is 2.77 bits per heavy atom.